The van der Waals surface area contributed by atoms with Gasteiger partial charge in [-0.3, -0.25) is 0 Å². The van der Waals surface area contributed by atoms with Crippen molar-refractivity contribution in [3.8, 4) is 0 Å². The van der Waals surface area contributed by atoms with Crippen LogP contribution in [0.5, 0.6) is 0 Å². The van der Waals surface area contributed by atoms with Crippen LogP contribution in [0.3, 0.4) is 0 Å². The number of anilines is 1. The van der Waals surface area contributed by atoms with Crippen molar-refractivity contribution in [2.24, 2.45) is 29.6 Å². The molecule has 1 aromatic carbocycles. The summed E-state index contributed by atoms with van der Waals surface area (Å²) < 4.78 is 0. The second kappa shape index (κ2) is 18.6. The smallest absolute Gasteiger partial charge is 0.0476 e. The first-order valence-electron chi connectivity index (χ1n) is 24.0. The number of benzene rings is 1. The van der Waals surface area contributed by atoms with Gasteiger partial charge in [-0.1, -0.05) is 117 Å². The molecule has 9 rings (SSSR count). The van der Waals surface area contributed by atoms with Gasteiger partial charge in [-0.25, -0.2) is 0 Å². The topological polar surface area (TPSA) is 6.48 Å². The third-order valence-corrected chi connectivity index (χ3v) is 15.8. The van der Waals surface area contributed by atoms with Crippen LogP contribution in [0.25, 0.3) is 0 Å². The van der Waals surface area contributed by atoms with E-state index in [1.54, 1.807) is 16.7 Å². The zero-order valence-corrected chi connectivity index (χ0v) is 35.3. The highest BCUT2D eigenvalue weighted by Crippen LogP contribution is 2.43. The molecule has 1 aromatic rings. The minimum atomic E-state index is 0.500. The van der Waals surface area contributed by atoms with Gasteiger partial charge in [-0.05, 0) is 174 Å². The molecule has 7 unspecified atom stereocenters. The molecule has 0 spiro atoms. The fourth-order valence-electron chi connectivity index (χ4n) is 12.5. The fraction of sp³-hybridized carbons (Fsp3) is 0.564. The monoisotopic (exact) mass is 761 g/mol. The number of hydrogen-bond acceptors (Lipinski definition) is 2. The van der Waals surface area contributed by atoms with Crippen molar-refractivity contribution in [2.45, 2.75) is 165 Å². The summed E-state index contributed by atoms with van der Waals surface area (Å²) in [6.07, 6.45) is 63.3. The molecule has 2 nitrogen and oxygen atoms in total. The van der Waals surface area contributed by atoms with Crippen molar-refractivity contribution < 1.29 is 0 Å². The predicted octanol–water partition coefficient (Wildman–Crippen LogP) is 14.4. The van der Waals surface area contributed by atoms with Crippen LogP contribution in [-0.2, 0) is 0 Å². The molecule has 8 aliphatic rings. The molecule has 0 bridgehead atoms. The van der Waals surface area contributed by atoms with Crippen molar-refractivity contribution >= 4 is 5.69 Å². The molecular formula is C55H72N2. The van der Waals surface area contributed by atoms with Gasteiger partial charge in [0.25, 0.3) is 0 Å². The molecule has 0 saturated heterocycles. The molecule has 302 valence electrons. The third-order valence-electron chi connectivity index (χ3n) is 15.8. The fourth-order valence-corrected chi connectivity index (χ4v) is 12.5. The average molecular weight is 761 g/mol. The van der Waals surface area contributed by atoms with Gasteiger partial charge >= 0.3 is 0 Å². The molecule has 0 radical (unpaired) electrons. The zero-order chi connectivity index (χ0) is 38.4. The minimum absolute atomic E-state index is 0.500. The highest BCUT2D eigenvalue weighted by atomic mass is 15.2. The summed E-state index contributed by atoms with van der Waals surface area (Å²) in [4.78, 5) is 5.82. The molecule has 2 fully saturated rings. The van der Waals surface area contributed by atoms with Crippen LogP contribution in [0.1, 0.15) is 147 Å². The van der Waals surface area contributed by atoms with Gasteiger partial charge in [-0.2, -0.15) is 0 Å². The van der Waals surface area contributed by atoms with Crippen LogP contribution in [-0.4, -0.2) is 29.1 Å². The Labute approximate surface area is 347 Å². The molecule has 8 aliphatic carbocycles. The third kappa shape index (κ3) is 9.06. The van der Waals surface area contributed by atoms with Crippen molar-refractivity contribution in [2.75, 3.05) is 4.90 Å². The number of hydrogen-bond donors (Lipinski definition) is 0. The number of nitrogens with zero attached hydrogens (tertiary/aromatic N) is 2. The van der Waals surface area contributed by atoms with E-state index in [4.69, 9.17) is 0 Å². The largest absolute Gasteiger partial charge is 0.365 e. The maximum Gasteiger partial charge on any atom is 0.0476 e. The molecule has 0 amide bonds. The summed E-state index contributed by atoms with van der Waals surface area (Å²) in [5, 5.41) is 0. The lowest BCUT2D eigenvalue weighted by Crippen LogP contribution is -2.48. The first-order chi connectivity index (χ1) is 28.2. The second-order valence-corrected chi connectivity index (χ2v) is 19.3. The van der Waals surface area contributed by atoms with Gasteiger partial charge in [0.2, 0.25) is 0 Å². The Bertz CT molecular complexity index is 1800. The Morgan fingerprint density at radius 2 is 1.42 bits per heavy atom. The van der Waals surface area contributed by atoms with E-state index in [0.717, 1.165) is 18.3 Å². The molecule has 0 heterocycles. The predicted molar refractivity (Wildman–Crippen MR) is 243 cm³/mol. The highest BCUT2D eigenvalue weighted by molar-refractivity contribution is 5.53. The summed E-state index contributed by atoms with van der Waals surface area (Å²) in [6, 6.07) is 12.2. The summed E-state index contributed by atoms with van der Waals surface area (Å²) in [6.45, 7) is 2.53. The Balaban J connectivity index is 0.834. The van der Waals surface area contributed by atoms with Gasteiger partial charge in [0.15, 0.2) is 0 Å². The van der Waals surface area contributed by atoms with Gasteiger partial charge in [0, 0.05) is 47.4 Å². The normalized spacial score (nSPS) is 35.4. The van der Waals surface area contributed by atoms with E-state index in [-0.39, 0.29) is 0 Å². The van der Waals surface area contributed by atoms with E-state index in [2.05, 4.69) is 132 Å². The first-order valence-corrected chi connectivity index (χ1v) is 24.0. The van der Waals surface area contributed by atoms with Crippen molar-refractivity contribution in [3.63, 3.8) is 0 Å². The van der Waals surface area contributed by atoms with Crippen molar-refractivity contribution in [3.05, 3.63) is 138 Å². The SMILES string of the molecule is CC1CCCCC1N(c1cccc([C@@H]2CC=CCC2)c1)C1C=CC(C2=CCC(C3CCC(N(C4=CC(C5=CCCC=C5)CC=C4)C4CC=CCC4)CC3)C=C2)CC1. The van der Waals surface area contributed by atoms with E-state index >= 15 is 0 Å². The summed E-state index contributed by atoms with van der Waals surface area (Å²) >= 11 is 0. The molecular weight excluding hydrogens is 689 g/mol. The maximum absolute atomic E-state index is 2.92. The van der Waals surface area contributed by atoms with Crippen LogP contribution in [0.2, 0.25) is 0 Å². The standard InChI is InChI=1S/C55H72N2/c1-41-15-11-12-26-55(41)57(54-25-14-21-49(40-54)43-18-7-3-8-19-43)52-37-33-47(34-38-52)45-29-27-44(28-30-45)46-31-35-51(36-32-46)56(50-22-9-4-10-23-50)53-24-13-20-48(39-53)42-16-5-2-6-17-42/h3-5,7,9,13-14,16-17,21,24-25,27,29-30,33,37,39-41,43-44,46-48,50-52,55H,2,6,8,10-12,15,18-20,22-23,26,28,31-32,34-36,38H2,1H3/t41?,43-,44?,46?,47?,48?,50?,51?,52?,55?/m1/s1. The molecule has 8 atom stereocenters. The maximum atomic E-state index is 2.92. The van der Waals surface area contributed by atoms with Crippen molar-refractivity contribution in [1.29, 1.82) is 0 Å². The Kier molecular flexibility index (Phi) is 12.7. The van der Waals surface area contributed by atoms with Crippen molar-refractivity contribution in [1.82, 2.24) is 4.90 Å². The van der Waals surface area contributed by atoms with E-state index < -0.39 is 0 Å². The molecule has 0 aromatic heterocycles. The highest BCUT2D eigenvalue weighted by Gasteiger charge is 2.36. The second-order valence-electron chi connectivity index (χ2n) is 19.3. The lowest BCUT2D eigenvalue weighted by molar-refractivity contribution is 0.115. The number of allylic oxidation sites excluding steroid dienone is 15. The Morgan fingerprint density at radius 3 is 2.16 bits per heavy atom. The molecule has 2 heteroatoms. The average Bonchev–Trinajstić information content (AvgIpc) is 3.29. The van der Waals surface area contributed by atoms with Crippen LogP contribution < -0.4 is 4.90 Å². The van der Waals surface area contributed by atoms with Crippen LogP contribution in [0, 0.1) is 29.6 Å². The van der Waals surface area contributed by atoms with Gasteiger partial charge < -0.3 is 9.80 Å². The Hall–Kier alpha value is -3.52. The quantitative estimate of drug-likeness (QED) is 0.219. The lowest BCUT2D eigenvalue weighted by atomic mass is 9.73. The summed E-state index contributed by atoms with van der Waals surface area (Å²) in [7, 11) is 0. The van der Waals surface area contributed by atoms with Gasteiger partial charge in [0.1, 0.15) is 0 Å². The minimum Gasteiger partial charge on any atom is -0.365 e. The van der Waals surface area contributed by atoms with Crippen LogP contribution in [0.15, 0.2) is 132 Å². The summed E-state index contributed by atoms with van der Waals surface area (Å²) in [5.74, 6) is 4.07. The van der Waals surface area contributed by atoms with Crippen LogP contribution >= 0.6 is 0 Å². The zero-order valence-electron chi connectivity index (χ0n) is 35.3. The first kappa shape index (κ1) is 39.0. The molecule has 0 N–H and O–H groups in total. The van der Waals surface area contributed by atoms with E-state index in [9.17, 15) is 0 Å². The molecule has 57 heavy (non-hydrogen) atoms. The van der Waals surface area contributed by atoms with Gasteiger partial charge in [0.05, 0.1) is 0 Å². The van der Waals surface area contributed by atoms with Gasteiger partial charge in [-0.15, -0.1) is 0 Å². The number of rotatable bonds is 10. The Morgan fingerprint density at radius 1 is 0.561 bits per heavy atom. The van der Waals surface area contributed by atoms with E-state index in [0.29, 0.717) is 47.8 Å². The van der Waals surface area contributed by atoms with E-state index in [1.807, 2.05) is 0 Å². The van der Waals surface area contributed by atoms with Crippen LogP contribution in [0.4, 0.5) is 5.69 Å². The summed E-state index contributed by atoms with van der Waals surface area (Å²) in [5.41, 5.74) is 7.68. The molecule has 0 aliphatic heterocycles. The lowest BCUT2D eigenvalue weighted by Gasteiger charge is -2.46. The van der Waals surface area contributed by atoms with E-state index in [1.165, 1.54) is 133 Å². The molecule has 2 saturated carbocycles.